The molecule has 4 nitrogen and oxygen atoms in total. The van der Waals surface area contributed by atoms with Crippen LogP contribution in [0.25, 0.3) is 10.9 Å². The Morgan fingerprint density at radius 1 is 1.14 bits per heavy atom. The second-order valence-electron chi connectivity index (χ2n) is 8.11. The summed E-state index contributed by atoms with van der Waals surface area (Å²) in [5.41, 5.74) is 1.63. The second kappa shape index (κ2) is 7.61. The third-order valence-electron chi connectivity index (χ3n) is 4.45. The Labute approximate surface area is 173 Å². The lowest BCUT2D eigenvalue weighted by Crippen LogP contribution is -2.23. The summed E-state index contributed by atoms with van der Waals surface area (Å²) in [4.78, 5) is 24.4. The highest BCUT2D eigenvalue weighted by Gasteiger charge is 2.18. The van der Waals surface area contributed by atoms with Crippen LogP contribution in [0.4, 0.5) is 0 Å². The fraction of sp³-hybridized carbons (Fsp3) is 0.273. The lowest BCUT2D eigenvalue weighted by Gasteiger charge is -2.22. The topological polar surface area (TPSA) is 59.3 Å². The van der Waals surface area contributed by atoms with Crippen molar-refractivity contribution in [1.29, 1.82) is 0 Å². The molecule has 6 heteroatoms. The minimum atomic E-state index is -1.22. The minimum absolute atomic E-state index is 0.0786. The van der Waals surface area contributed by atoms with Crippen molar-refractivity contribution in [3.05, 3.63) is 79.6 Å². The van der Waals surface area contributed by atoms with Crippen LogP contribution in [0.5, 0.6) is 0 Å². The quantitative estimate of drug-likeness (QED) is 0.596. The van der Waals surface area contributed by atoms with Crippen molar-refractivity contribution >= 4 is 40.1 Å². The summed E-state index contributed by atoms with van der Waals surface area (Å²) >= 11 is 12.4. The fourth-order valence-electron chi connectivity index (χ4n) is 3.25. The Morgan fingerprint density at radius 2 is 1.86 bits per heavy atom. The Hall–Kier alpha value is -2.30. The first-order chi connectivity index (χ1) is 13.1. The number of hydrogen-bond acceptors (Lipinski definition) is 2. The fourth-order valence-corrected chi connectivity index (χ4v) is 3.64. The summed E-state index contributed by atoms with van der Waals surface area (Å²) in [7, 11) is 0. The van der Waals surface area contributed by atoms with Gasteiger partial charge >= 0.3 is 5.97 Å². The number of aromatic carboxylic acids is 1. The maximum Gasteiger partial charge on any atom is 0.341 e. The zero-order chi connectivity index (χ0) is 20.6. The molecule has 2 aromatic carbocycles. The Bertz CT molecular complexity index is 1130. The van der Waals surface area contributed by atoms with Crippen LogP contribution in [0.15, 0.2) is 47.4 Å². The van der Waals surface area contributed by atoms with Gasteiger partial charge in [-0.25, -0.2) is 4.79 Å². The van der Waals surface area contributed by atoms with Gasteiger partial charge in [-0.15, -0.1) is 0 Å². The van der Waals surface area contributed by atoms with Gasteiger partial charge in [0.2, 0.25) is 5.43 Å². The smallest absolute Gasteiger partial charge is 0.341 e. The molecule has 0 bridgehead atoms. The van der Waals surface area contributed by atoms with Crippen LogP contribution in [0.2, 0.25) is 10.0 Å². The molecule has 1 heterocycles. The molecular formula is C22H21Cl2NO3. The first-order valence-corrected chi connectivity index (χ1v) is 9.65. The standard InChI is InChI=1S/C22H21Cl2NO3/c1-22(2,3)12-25-11-16(21(27)28)20(26)15-10-13(7-8-18(15)25)9-14-5-4-6-17(23)19(14)24/h4-8,10-11H,9,12H2,1-3H3,(H,27,28). The van der Waals surface area contributed by atoms with E-state index in [1.165, 1.54) is 6.20 Å². The molecule has 0 atom stereocenters. The molecule has 0 spiro atoms. The van der Waals surface area contributed by atoms with Crippen molar-refractivity contribution in [2.45, 2.75) is 33.7 Å². The van der Waals surface area contributed by atoms with Gasteiger partial charge in [-0.05, 0) is 41.2 Å². The van der Waals surface area contributed by atoms with Crippen LogP contribution in [0.1, 0.15) is 42.3 Å². The van der Waals surface area contributed by atoms with Gasteiger partial charge in [0.1, 0.15) is 5.56 Å². The summed E-state index contributed by atoms with van der Waals surface area (Å²) in [6, 6.07) is 11.0. The molecule has 1 N–H and O–H groups in total. The van der Waals surface area contributed by atoms with Gasteiger partial charge in [-0.3, -0.25) is 4.79 Å². The van der Waals surface area contributed by atoms with Gasteiger partial charge in [-0.2, -0.15) is 0 Å². The van der Waals surface area contributed by atoms with Crippen LogP contribution >= 0.6 is 23.2 Å². The number of aromatic nitrogens is 1. The molecular weight excluding hydrogens is 397 g/mol. The SMILES string of the molecule is CC(C)(C)Cn1cc(C(=O)O)c(=O)c2cc(Cc3cccc(Cl)c3Cl)ccc21. The van der Waals surface area contributed by atoms with E-state index in [-0.39, 0.29) is 11.0 Å². The van der Waals surface area contributed by atoms with E-state index in [1.54, 1.807) is 12.1 Å². The summed E-state index contributed by atoms with van der Waals surface area (Å²) in [5.74, 6) is -1.22. The molecule has 0 unspecified atom stereocenters. The normalized spacial score (nSPS) is 11.8. The maximum atomic E-state index is 12.8. The van der Waals surface area contributed by atoms with Gasteiger partial charge in [0, 0.05) is 18.1 Å². The predicted molar refractivity (Wildman–Crippen MR) is 114 cm³/mol. The molecule has 28 heavy (non-hydrogen) atoms. The van der Waals surface area contributed by atoms with E-state index in [9.17, 15) is 14.7 Å². The van der Waals surface area contributed by atoms with Crippen LogP contribution < -0.4 is 5.43 Å². The van der Waals surface area contributed by atoms with Crippen LogP contribution in [-0.4, -0.2) is 15.6 Å². The van der Waals surface area contributed by atoms with E-state index in [4.69, 9.17) is 23.2 Å². The minimum Gasteiger partial charge on any atom is -0.477 e. The Kier molecular flexibility index (Phi) is 5.55. The Morgan fingerprint density at radius 3 is 2.50 bits per heavy atom. The lowest BCUT2D eigenvalue weighted by molar-refractivity contribution is 0.0694. The summed E-state index contributed by atoms with van der Waals surface area (Å²) in [5, 5.41) is 10.8. The number of halogens is 2. The van der Waals surface area contributed by atoms with Gasteiger partial charge in [-0.1, -0.05) is 62.2 Å². The number of rotatable bonds is 4. The molecule has 0 aliphatic rings. The number of carbonyl (C=O) groups is 1. The highest BCUT2D eigenvalue weighted by atomic mass is 35.5. The van der Waals surface area contributed by atoms with Gasteiger partial charge < -0.3 is 9.67 Å². The van der Waals surface area contributed by atoms with E-state index >= 15 is 0 Å². The monoisotopic (exact) mass is 417 g/mol. The third kappa shape index (κ3) is 4.23. The molecule has 0 aliphatic carbocycles. The van der Waals surface area contributed by atoms with Gasteiger partial charge in [0.25, 0.3) is 0 Å². The van der Waals surface area contributed by atoms with E-state index in [0.717, 1.165) is 11.1 Å². The average Bonchev–Trinajstić information content (AvgIpc) is 2.60. The molecule has 0 saturated carbocycles. The predicted octanol–water partition coefficient (Wildman–Crippen LogP) is 5.64. The van der Waals surface area contributed by atoms with Gasteiger partial charge in [0.05, 0.1) is 15.6 Å². The first kappa shape index (κ1) is 20.4. The number of fused-ring (bicyclic) bond motifs is 1. The first-order valence-electron chi connectivity index (χ1n) is 8.89. The number of carboxylic acids is 1. The van der Waals surface area contributed by atoms with Crippen LogP contribution in [-0.2, 0) is 13.0 Å². The molecule has 146 valence electrons. The van der Waals surface area contributed by atoms with Crippen molar-refractivity contribution in [2.75, 3.05) is 0 Å². The third-order valence-corrected chi connectivity index (χ3v) is 5.30. The zero-order valence-corrected chi connectivity index (χ0v) is 17.4. The van der Waals surface area contributed by atoms with E-state index in [2.05, 4.69) is 20.8 Å². The summed E-state index contributed by atoms with van der Waals surface area (Å²) < 4.78 is 1.84. The number of nitrogens with zero attached hydrogens (tertiary/aromatic N) is 1. The second-order valence-corrected chi connectivity index (χ2v) is 8.89. The molecule has 1 aromatic heterocycles. The Balaban J connectivity index is 2.17. The highest BCUT2D eigenvalue weighted by molar-refractivity contribution is 6.42. The average molecular weight is 418 g/mol. The van der Waals surface area contributed by atoms with Crippen LogP contribution in [0, 0.1) is 5.41 Å². The lowest BCUT2D eigenvalue weighted by atomic mass is 9.96. The maximum absolute atomic E-state index is 12.8. The van der Waals surface area contributed by atoms with Crippen molar-refractivity contribution < 1.29 is 9.90 Å². The van der Waals surface area contributed by atoms with Crippen molar-refractivity contribution in [3.63, 3.8) is 0 Å². The van der Waals surface area contributed by atoms with Crippen molar-refractivity contribution in [1.82, 2.24) is 4.57 Å². The van der Waals surface area contributed by atoms with Crippen LogP contribution in [0.3, 0.4) is 0 Å². The number of pyridine rings is 1. The molecule has 0 amide bonds. The van der Waals surface area contributed by atoms with Crippen molar-refractivity contribution in [2.24, 2.45) is 5.41 Å². The molecule has 0 radical (unpaired) electrons. The van der Waals surface area contributed by atoms with E-state index < -0.39 is 11.4 Å². The largest absolute Gasteiger partial charge is 0.477 e. The van der Waals surface area contributed by atoms with E-state index in [0.29, 0.717) is 33.9 Å². The highest BCUT2D eigenvalue weighted by Crippen LogP contribution is 2.28. The molecule has 0 saturated heterocycles. The number of benzene rings is 2. The summed E-state index contributed by atoms with van der Waals surface area (Å²) in [6.45, 7) is 6.77. The van der Waals surface area contributed by atoms with E-state index in [1.807, 2.05) is 28.8 Å². The van der Waals surface area contributed by atoms with Gasteiger partial charge in [0.15, 0.2) is 0 Å². The zero-order valence-electron chi connectivity index (χ0n) is 15.9. The molecule has 0 aliphatic heterocycles. The number of carboxylic acid groups (broad SMARTS) is 1. The molecule has 3 rings (SSSR count). The molecule has 3 aromatic rings. The molecule has 0 fully saturated rings. The van der Waals surface area contributed by atoms with Crippen molar-refractivity contribution in [3.8, 4) is 0 Å². The summed E-state index contributed by atoms with van der Waals surface area (Å²) in [6.07, 6.45) is 1.93. The number of hydrogen-bond donors (Lipinski definition) is 1.